The largest absolute Gasteiger partial charge is 0.338 e. The van der Waals surface area contributed by atoms with Gasteiger partial charge in [0.25, 0.3) is 11.8 Å². The SMILES string of the molecule is O=C(c1ccc2c(-c3ccc4ncccc4c3)cccc2c1)N1CCC(F)(F)CC1. The van der Waals surface area contributed by atoms with E-state index in [1.807, 2.05) is 42.5 Å². The van der Waals surface area contributed by atoms with Crippen LogP contribution in [0.3, 0.4) is 0 Å². The third kappa shape index (κ3) is 3.41. The minimum atomic E-state index is -2.66. The Hall–Kier alpha value is -3.34. The number of hydrogen-bond acceptors (Lipinski definition) is 2. The Kier molecular flexibility index (Phi) is 4.46. The van der Waals surface area contributed by atoms with E-state index in [4.69, 9.17) is 0 Å². The molecule has 2 heterocycles. The minimum Gasteiger partial charge on any atom is -0.338 e. The molecule has 0 spiro atoms. The number of fused-ring (bicyclic) bond motifs is 2. The highest BCUT2D eigenvalue weighted by molar-refractivity contribution is 6.03. The number of hydrogen-bond donors (Lipinski definition) is 0. The molecule has 0 radical (unpaired) electrons. The molecule has 1 aromatic heterocycles. The van der Waals surface area contributed by atoms with Crippen LogP contribution >= 0.6 is 0 Å². The molecule has 0 unspecified atom stereocenters. The van der Waals surface area contributed by atoms with Gasteiger partial charge in [-0.3, -0.25) is 9.78 Å². The summed E-state index contributed by atoms with van der Waals surface area (Å²) in [6.07, 6.45) is 1.24. The highest BCUT2D eigenvalue weighted by Crippen LogP contribution is 2.32. The molecule has 0 bridgehead atoms. The van der Waals surface area contributed by atoms with Crippen LogP contribution < -0.4 is 0 Å². The molecule has 5 heteroatoms. The second-order valence-corrected chi connectivity index (χ2v) is 7.80. The van der Waals surface area contributed by atoms with Crippen molar-refractivity contribution in [3.63, 3.8) is 0 Å². The summed E-state index contributed by atoms with van der Waals surface area (Å²) in [5.74, 6) is -2.85. The van der Waals surface area contributed by atoms with E-state index >= 15 is 0 Å². The predicted octanol–water partition coefficient (Wildman–Crippen LogP) is 5.93. The van der Waals surface area contributed by atoms with Gasteiger partial charge in [0.2, 0.25) is 0 Å². The molecule has 0 N–H and O–H groups in total. The second kappa shape index (κ2) is 7.17. The molecule has 0 aliphatic carbocycles. The molecule has 5 rings (SSSR count). The number of nitrogens with zero attached hydrogens (tertiary/aromatic N) is 2. The van der Waals surface area contributed by atoms with Crippen molar-refractivity contribution in [1.29, 1.82) is 0 Å². The summed E-state index contributed by atoms with van der Waals surface area (Å²) < 4.78 is 26.8. The van der Waals surface area contributed by atoms with Gasteiger partial charge in [-0.15, -0.1) is 0 Å². The summed E-state index contributed by atoms with van der Waals surface area (Å²) in [4.78, 5) is 18.7. The average molecular weight is 402 g/mol. The third-order valence-corrected chi connectivity index (χ3v) is 5.82. The van der Waals surface area contributed by atoms with E-state index in [-0.39, 0.29) is 31.8 Å². The highest BCUT2D eigenvalue weighted by Gasteiger charge is 2.35. The molecular weight excluding hydrogens is 382 g/mol. The van der Waals surface area contributed by atoms with Gasteiger partial charge in [-0.25, -0.2) is 8.78 Å². The lowest BCUT2D eigenvalue weighted by molar-refractivity contribution is -0.0494. The normalized spacial score (nSPS) is 16.1. The number of aromatic nitrogens is 1. The zero-order valence-electron chi connectivity index (χ0n) is 16.3. The summed E-state index contributed by atoms with van der Waals surface area (Å²) in [5.41, 5.74) is 3.64. The van der Waals surface area contributed by atoms with Crippen molar-refractivity contribution in [3.05, 3.63) is 78.5 Å². The van der Waals surface area contributed by atoms with Crippen LogP contribution in [-0.4, -0.2) is 34.8 Å². The summed E-state index contributed by atoms with van der Waals surface area (Å²) >= 11 is 0. The Bertz CT molecular complexity index is 1260. The molecule has 1 saturated heterocycles. The summed E-state index contributed by atoms with van der Waals surface area (Å²) in [7, 11) is 0. The summed E-state index contributed by atoms with van der Waals surface area (Å²) in [6, 6.07) is 21.7. The molecule has 1 aliphatic rings. The zero-order chi connectivity index (χ0) is 20.7. The molecule has 0 saturated carbocycles. The molecule has 1 amide bonds. The van der Waals surface area contributed by atoms with Crippen molar-refractivity contribution in [2.45, 2.75) is 18.8 Å². The standard InChI is InChI=1S/C25H20F2N2O/c26-25(27)10-13-29(14-11-25)24(30)20-6-8-22-17(16-20)3-1-5-21(22)18-7-9-23-19(15-18)4-2-12-28-23/h1-9,12,15-16H,10-11,13-14H2. The smallest absolute Gasteiger partial charge is 0.253 e. The number of halogens is 2. The molecule has 30 heavy (non-hydrogen) atoms. The lowest BCUT2D eigenvalue weighted by Crippen LogP contribution is -2.42. The van der Waals surface area contributed by atoms with Crippen molar-refractivity contribution in [1.82, 2.24) is 9.88 Å². The first kappa shape index (κ1) is 18.7. The van der Waals surface area contributed by atoms with Crippen molar-refractivity contribution >= 4 is 27.6 Å². The number of piperidine rings is 1. The first-order chi connectivity index (χ1) is 14.5. The molecular formula is C25H20F2N2O. The monoisotopic (exact) mass is 402 g/mol. The summed E-state index contributed by atoms with van der Waals surface area (Å²) in [5, 5.41) is 3.06. The highest BCUT2D eigenvalue weighted by atomic mass is 19.3. The van der Waals surface area contributed by atoms with Crippen LogP contribution in [0, 0.1) is 0 Å². The Morgan fingerprint density at radius 3 is 2.53 bits per heavy atom. The lowest BCUT2D eigenvalue weighted by Gasteiger charge is -2.31. The first-order valence-corrected chi connectivity index (χ1v) is 10.1. The Morgan fingerprint density at radius 1 is 0.900 bits per heavy atom. The van der Waals surface area contributed by atoms with Gasteiger partial charge in [-0.1, -0.05) is 36.4 Å². The molecule has 0 atom stereocenters. The second-order valence-electron chi connectivity index (χ2n) is 7.80. The van der Waals surface area contributed by atoms with Gasteiger partial charge in [0, 0.05) is 43.1 Å². The number of pyridine rings is 1. The number of likely N-dealkylation sites (tertiary alicyclic amines) is 1. The van der Waals surface area contributed by atoms with Crippen molar-refractivity contribution in [3.8, 4) is 11.1 Å². The van der Waals surface area contributed by atoms with Crippen LogP contribution in [0.5, 0.6) is 0 Å². The molecule has 3 aromatic carbocycles. The maximum absolute atomic E-state index is 13.4. The molecule has 1 fully saturated rings. The van der Waals surface area contributed by atoms with Gasteiger partial charge in [0.15, 0.2) is 0 Å². The van der Waals surface area contributed by atoms with Gasteiger partial charge >= 0.3 is 0 Å². The van der Waals surface area contributed by atoms with Gasteiger partial charge in [0.1, 0.15) is 0 Å². The summed E-state index contributed by atoms with van der Waals surface area (Å²) in [6.45, 7) is 0.185. The fourth-order valence-electron chi connectivity index (χ4n) is 4.13. The average Bonchev–Trinajstić information content (AvgIpc) is 2.77. The number of carbonyl (C=O) groups is 1. The maximum atomic E-state index is 13.4. The number of rotatable bonds is 2. The van der Waals surface area contributed by atoms with Crippen LogP contribution in [0.25, 0.3) is 32.8 Å². The predicted molar refractivity (Wildman–Crippen MR) is 115 cm³/mol. The van der Waals surface area contributed by atoms with E-state index in [2.05, 4.69) is 23.2 Å². The number of carbonyl (C=O) groups excluding carboxylic acids is 1. The fraction of sp³-hybridized carbons (Fsp3) is 0.200. The minimum absolute atomic E-state index is 0.0923. The van der Waals surface area contributed by atoms with Crippen LogP contribution in [0.2, 0.25) is 0 Å². The van der Waals surface area contributed by atoms with Crippen LogP contribution in [0.4, 0.5) is 8.78 Å². The van der Waals surface area contributed by atoms with E-state index in [0.717, 1.165) is 32.8 Å². The van der Waals surface area contributed by atoms with E-state index < -0.39 is 5.92 Å². The molecule has 150 valence electrons. The first-order valence-electron chi connectivity index (χ1n) is 10.1. The third-order valence-electron chi connectivity index (χ3n) is 5.82. The van der Waals surface area contributed by atoms with Crippen LogP contribution in [0.1, 0.15) is 23.2 Å². The van der Waals surface area contributed by atoms with E-state index in [1.165, 1.54) is 4.90 Å². The van der Waals surface area contributed by atoms with Gasteiger partial charge < -0.3 is 4.90 Å². The Balaban J connectivity index is 1.50. The van der Waals surface area contributed by atoms with Gasteiger partial charge in [0.05, 0.1) is 5.52 Å². The van der Waals surface area contributed by atoms with Gasteiger partial charge in [-0.05, 0) is 52.2 Å². The molecule has 3 nitrogen and oxygen atoms in total. The quantitative estimate of drug-likeness (QED) is 0.417. The molecule has 4 aromatic rings. The maximum Gasteiger partial charge on any atom is 0.253 e. The van der Waals surface area contributed by atoms with Crippen molar-refractivity contribution in [2.75, 3.05) is 13.1 Å². The van der Waals surface area contributed by atoms with E-state index in [9.17, 15) is 13.6 Å². The van der Waals surface area contributed by atoms with Crippen LogP contribution in [-0.2, 0) is 0 Å². The molecule has 1 aliphatic heterocycles. The van der Waals surface area contributed by atoms with E-state index in [0.29, 0.717) is 5.56 Å². The van der Waals surface area contributed by atoms with Crippen LogP contribution in [0.15, 0.2) is 72.9 Å². The topological polar surface area (TPSA) is 33.2 Å². The van der Waals surface area contributed by atoms with Gasteiger partial charge in [-0.2, -0.15) is 0 Å². The Morgan fingerprint density at radius 2 is 1.70 bits per heavy atom. The zero-order valence-corrected chi connectivity index (χ0v) is 16.3. The number of amides is 1. The van der Waals surface area contributed by atoms with Crippen molar-refractivity contribution < 1.29 is 13.6 Å². The van der Waals surface area contributed by atoms with Crippen molar-refractivity contribution in [2.24, 2.45) is 0 Å². The number of alkyl halides is 2. The number of benzene rings is 3. The Labute approximate surface area is 173 Å². The lowest BCUT2D eigenvalue weighted by atomic mass is 9.95. The van der Waals surface area contributed by atoms with E-state index in [1.54, 1.807) is 12.3 Å². The fourth-order valence-corrected chi connectivity index (χ4v) is 4.13.